The van der Waals surface area contributed by atoms with Crippen molar-refractivity contribution in [2.45, 2.75) is 50.4 Å². The molecule has 0 radical (unpaired) electrons. The van der Waals surface area contributed by atoms with Gasteiger partial charge in [0.25, 0.3) is 5.79 Å². The van der Waals surface area contributed by atoms with Crippen molar-refractivity contribution in [2.75, 3.05) is 0 Å². The monoisotopic (exact) mass is 422 g/mol. The molecule has 5 nitrogen and oxygen atoms in total. The molecular formula is C21H20Cl2O5. The number of esters is 1. The summed E-state index contributed by atoms with van der Waals surface area (Å²) in [5, 5.41) is 22.0. The van der Waals surface area contributed by atoms with E-state index in [0.29, 0.717) is 12.0 Å². The van der Waals surface area contributed by atoms with Crippen LogP contribution in [0.25, 0.3) is 0 Å². The number of halogens is 2. The molecule has 1 aliphatic carbocycles. The lowest BCUT2D eigenvalue weighted by atomic mass is 9.64. The molecule has 2 aromatic carbocycles. The Labute approximate surface area is 172 Å². The summed E-state index contributed by atoms with van der Waals surface area (Å²) in [4.78, 5) is 13.5. The van der Waals surface area contributed by atoms with Crippen molar-refractivity contribution in [3.8, 4) is 11.5 Å². The molecule has 2 aromatic rings. The summed E-state index contributed by atoms with van der Waals surface area (Å²) in [7, 11) is 0. The summed E-state index contributed by atoms with van der Waals surface area (Å²) in [6.45, 7) is 5.24. The van der Waals surface area contributed by atoms with Gasteiger partial charge < -0.3 is 19.7 Å². The van der Waals surface area contributed by atoms with Crippen LogP contribution >= 0.6 is 23.2 Å². The Kier molecular flexibility index (Phi) is 4.17. The van der Waals surface area contributed by atoms with E-state index >= 15 is 0 Å². The van der Waals surface area contributed by atoms with Crippen molar-refractivity contribution in [3.05, 3.63) is 57.1 Å². The topological polar surface area (TPSA) is 76.0 Å². The average molecular weight is 423 g/mol. The van der Waals surface area contributed by atoms with E-state index in [1.54, 1.807) is 32.9 Å². The fourth-order valence-electron chi connectivity index (χ4n) is 4.16. The van der Waals surface area contributed by atoms with Gasteiger partial charge in [0.05, 0.1) is 10.0 Å². The molecule has 2 unspecified atom stereocenters. The number of carbonyl (C=O) groups is 1. The van der Waals surface area contributed by atoms with Gasteiger partial charge in [-0.2, -0.15) is 0 Å². The van der Waals surface area contributed by atoms with E-state index in [2.05, 4.69) is 0 Å². The van der Waals surface area contributed by atoms with Gasteiger partial charge in [0.1, 0.15) is 11.4 Å². The number of ether oxygens (including phenoxy) is 2. The molecule has 2 N–H and O–H groups in total. The quantitative estimate of drug-likeness (QED) is 0.663. The van der Waals surface area contributed by atoms with Crippen LogP contribution in [0.15, 0.2) is 30.3 Å². The maximum Gasteiger partial charge on any atom is 0.324 e. The molecule has 4 rings (SSSR count). The second-order valence-corrected chi connectivity index (χ2v) is 8.99. The van der Waals surface area contributed by atoms with E-state index in [1.807, 2.05) is 12.1 Å². The molecule has 2 atom stereocenters. The highest BCUT2D eigenvalue weighted by Gasteiger charge is 2.69. The number of carbonyl (C=O) groups excluding carboxylic acids is 1. The SMILES string of the molecule is CC(C)(C)OC(=O)C12CCc3ccccc3C1(O)Oc1cc(Cl)c(O)c(Cl)c12. The van der Waals surface area contributed by atoms with Crippen LogP contribution in [-0.4, -0.2) is 21.8 Å². The predicted molar refractivity (Wildman–Crippen MR) is 105 cm³/mol. The largest absolute Gasteiger partial charge is 0.505 e. The normalized spacial score (nSPS) is 25.4. The smallest absolute Gasteiger partial charge is 0.324 e. The summed E-state index contributed by atoms with van der Waals surface area (Å²) >= 11 is 12.5. The van der Waals surface area contributed by atoms with Crippen LogP contribution < -0.4 is 4.74 Å². The molecule has 0 saturated carbocycles. The molecule has 0 amide bonds. The molecule has 0 fully saturated rings. The molecular weight excluding hydrogens is 403 g/mol. The summed E-state index contributed by atoms with van der Waals surface area (Å²) in [6, 6.07) is 8.59. The lowest BCUT2D eigenvalue weighted by Crippen LogP contribution is -2.58. The molecule has 0 saturated heterocycles. The van der Waals surface area contributed by atoms with Crippen molar-refractivity contribution in [1.82, 2.24) is 0 Å². The number of fused-ring (bicyclic) bond motifs is 5. The average Bonchev–Trinajstić information content (AvgIpc) is 2.88. The summed E-state index contributed by atoms with van der Waals surface area (Å²) in [5.41, 5.74) is -0.906. The Morgan fingerprint density at radius 2 is 1.93 bits per heavy atom. The number of aliphatic hydroxyl groups is 1. The van der Waals surface area contributed by atoms with Crippen molar-refractivity contribution in [3.63, 3.8) is 0 Å². The van der Waals surface area contributed by atoms with Gasteiger partial charge in [0.15, 0.2) is 11.2 Å². The molecule has 7 heteroatoms. The highest BCUT2D eigenvalue weighted by atomic mass is 35.5. The van der Waals surface area contributed by atoms with Crippen LogP contribution in [0.2, 0.25) is 10.0 Å². The van der Waals surface area contributed by atoms with Gasteiger partial charge in [-0.05, 0) is 39.2 Å². The van der Waals surface area contributed by atoms with Gasteiger partial charge in [-0.1, -0.05) is 47.5 Å². The number of aryl methyl sites for hydroxylation is 1. The highest BCUT2D eigenvalue weighted by molar-refractivity contribution is 6.38. The van der Waals surface area contributed by atoms with Gasteiger partial charge in [-0.25, -0.2) is 0 Å². The third kappa shape index (κ3) is 2.46. The molecule has 0 bridgehead atoms. The first-order valence-corrected chi connectivity index (χ1v) is 9.71. The molecule has 0 spiro atoms. The van der Waals surface area contributed by atoms with Crippen molar-refractivity contribution < 1.29 is 24.5 Å². The maximum absolute atomic E-state index is 13.5. The zero-order valence-electron chi connectivity index (χ0n) is 15.7. The van der Waals surface area contributed by atoms with E-state index in [0.717, 1.165) is 5.56 Å². The van der Waals surface area contributed by atoms with Crippen LogP contribution in [0.3, 0.4) is 0 Å². The van der Waals surface area contributed by atoms with E-state index < -0.39 is 22.8 Å². The van der Waals surface area contributed by atoms with Crippen molar-refractivity contribution in [2.24, 2.45) is 0 Å². The first-order valence-electron chi connectivity index (χ1n) is 8.96. The number of rotatable bonds is 1. The zero-order chi connectivity index (χ0) is 20.5. The van der Waals surface area contributed by atoms with Crippen molar-refractivity contribution in [1.29, 1.82) is 0 Å². The first-order chi connectivity index (χ1) is 13.0. The predicted octanol–water partition coefficient (Wildman–Crippen LogP) is 4.46. The maximum atomic E-state index is 13.5. The lowest BCUT2D eigenvalue weighted by Gasteiger charge is -2.44. The minimum atomic E-state index is -2.03. The van der Waals surface area contributed by atoms with Crippen LogP contribution in [0.4, 0.5) is 0 Å². The van der Waals surface area contributed by atoms with Gasteiger partial charge in [-0.3, -0.25) is 4.79 Å². The number of hydrogen-bond donors (Lipinski definition) is 2. The number of phenolic OH excluding ortho intramolecular Hbond substituents is 1. The minimum absolute atomic E-state index is 0.0291. The van der Waals surface area contributed by atoms with Crippen molar-refractivity contribution >= 4 is 29.2 Å². The van der Waals surface area contributed by atoms with Gasteiger partial charge in [-0.15, -0.1) is 0 Å². The van der Waals surface area contributed by atoms with Gasteiger partial charge in [0.2, 0.25) is 0 Å². The van der Waals surface area contributed by atoms with E-state index in [4.69, 9.17) is 32.7 Å². The molecule has 28 heavy (non-hydrogen) atoms. The molecule has 148 valence electrons. The fraction of sp³-hybridized carbons (Fsp3) is 0.381. The molecule has 2 aliphatic rings. The zero-order valence-corrected chi connectivity index (χ0v) is 17.2. The first kappa shape index (κ1) is 19.4. The van der Waals surface area contributed by atoms with Crippen LogP contribution in [0.5, 0.6) is 11.5 Å². The van der Waals surface area contributed by atoms with Crippen LogP contribution in [0.1, 0.15) is 43.9 Å². The highest BCUT2D eigenvalue weighted by Crippen LogP contribution is 2.62. The Morgan fingerprint density at radius 3 is 2.61 bits per heavy atom. The Morgan fingerprint density at radius 1 is 1.25 bits per heavy atom. The second-order valence-electron chi connectivity index (χ2n) is 8.20. The standard InChI is InChI=1S/C21H20Cl2O5/c1-19(2,3)28-18(25)20-9-8-11-6-4-5-7-12(11)21(20,26)27-14-10-13(22)17(24)16(23)15(14)20/h4-7,10,24,26H,8-9H2,1-3H3. The summed E-state index contributed by atoms with van der Waals surface area (Å²) < 4.78 is 11.6. The van der Waals surface area contributed by atoms with Crippen LogP contribution in [0, 0.1) is 0 Å². The van der Waals surface area contributed by atoms with E-state index in [1.165, 1.54) is 6.07 Å². The van der Waals surface area contributed by atoms with Crippen LogP contribution in [-0.2, 0) is 27.2 Å². The third-order valence-electron chi connectivity index (χ3n) is 5.32. The summed E-state index contributed by atoms with van der Waals surface area (Å²) in [5.74, 6) is -2.92. The lowest BCUT2D eigenvalue weighted by molar-refractivity contribution is -0.214. The Hall–Kier alpha value is -1.95. The minimum Gasteiger partial charge on any atom is -0.505 e. The summed E-state index contributed by atoms with van der Waals surface area (Å²) in [6.07, 6.45) is 0.698. The molecule has 1 aliphatic heterocycles. The third-order valence-corrected chi connectivity index (χ3v) is 5.98. The fourth-order valence-corrected chi connectivity index (χ4v) is 4.76. The van der Waals surface area contributed by atoms with E-state index in [-0.39, 0.29) is 33.5 Å². The molecule has 1 heterocycles. The number of phenols is 1. The van der Waals surface area contributed by atoms with Gasteiger partial charge in [0, 0.05) is 17.2 Å². The number of benzene rings is 2. The van der Waals surface area contributed by atoms with Gasteiger partial charge >= 0.3 is 5.97 Å². The Bertz CT molecular complexity index is 997. The Balaban J connectivity index is 2.04. The number of aromatic hydroxyl groups is 1. The van der Waals surface area contributed by atoms with E-state index in [9.17, 15) is 15.0 Å². The number of hydrogen-bond acceptors (Lipinski definition) is 5. The molecule has 0 aromatic heterocycles. The second kappa shape index (κ2) is 6.02.